The fourth-order valence-electron chi connectivity index (χ4n) is 1.94. The number of rotatable bonds is 7. The van der Waals surface area contributed by atoms with E-state index in [0.29, 0.717) is 18.3 Å². The smallest absolute Gasteiger partial charge is 0.335 e. The Morgan fingerprint density at radius 2 is 2.00 bits per heavy atom. The third kappa shape index (κ3) is 4.00. The third-order valence-electron chi connectivity index (χ3n) is 3.07. The zero-order chi connectivity index (χ0) is 16.1. The van der Waals surface area contributed by atoms with Crippen molar-refractivity contribution in [2.24, 2.45) is 7.05 Å². The summed E-state index contributed by atoms with van der Waals surface area (Å²) in [5.74, 6) is 1.77. The molecule has 22 heavy (non-hydrogen) atoms. The number of carboxylic acid groups (broad SMARTS) is 1. The van der Waals surface area contributed by atoms with Gasteiger partial charge in [-0.1, -0.05) is 25.6 Å². The Balaban J connectivity index is 1.81. The molecular formula is C15H19N3O3S. The van der Waals surface area contributed by atoms with Crippen LogP contribution in [0.15, 0.2) is 29.4 Å². The second-order valence-electron chi connectivity index (χ2n) is 5.08. The number of nitrogens with zero attached hydrogens (tertiary/aromatic N) is 3. The van der Waals surface area contributed by atoms with Gasteiger partial charge in [0.2, 0.25) is 0 Å². The summed E-state index contributed by atoms with van der Waals surface area (Å²) >= 11 is 1.58. The van der Waals surface area contributed by atoms with Crippen LogP contribution in [0.1, 0.15) is 35.9 Å². The first-order chi connectivity index (χ1) is 10.5. The van der Waals surface area contributed by atoms with Crippen LogP contribution in [0.3, 0.4) is 0 Å². The maximum absolute atomic E-state index is 10.8. The predicted molar refractivity (Wildman–Crippen MR) is 84.7 cm³/mol. The van der Waals surface area contributed by atoms with Crippen molar-refractivity contribution in [3.63, 3.8) is 0 Å². The molecule has 7 heteroatoms. The predicted octanol–water partition coefficient (Wildman–Crippen LogP) is 2.81. The molecule has 118 valence electrons. The summed E-state index contributed by atoms with van der Waals surface area (Å²) in [5, 5.41) is 18.0. The fourth-order valence-corrected chi connectivity index (χ4v) is 2.68. The monoisotopic (exact) mass is 321 g/mol. The van der Waals surface area contributed by atoms with Crippen LogP contribution in [0.5, 0.6) is 5.75 Å². The number of ether oxygens (including phenoxy) is 1. The first-order valence-electron chi connectivity index (χ1n) is 6.97. The summed E-state index contributed by atoms with van der Waals surface area (Å²) in [6.45, 7) is 4.69. The molecule has 1 aromatic heterocycles. The molecule has 0 fully saturated rings. The molecule has 0 amide bonds. The summed E-state index contributed by atoms with van der Waals surface area (Å²) < 4.78 is 7.58. The van der Waals surface area contributed by atoms with Gasteiger partial charge in [-0.2, -0.15) is 0 Å². The summed E-state index contributed by atoms with van der Waals surface area (Å²) in [6.07, 6.45) is 0. The minimum absolute atomic E-state index is 0.252. The Hall–Kier alpha value is -2.02. The third-order valence-corrected chi connectivity index (χ3v) is 4.05. The maximum atomic E-state index is 10.8. The molecule has 2 rings (SSSR count). The molecule has 0 unspecified atom stereocenters. The quantitative estimate of drug-likeness (QED) is 0.624. The molecule has 0 radical (unpaired) electrons. The lowest BCUT2D eigenvalue weighted by atomic mass is 10.2. The molecule has 6 nitrogen and oxygen atoms in total. The Labute approximate surface area is 133 Å². The van der Waals surface area contributed by atoms with Crippen molar-refractivity contribution in [3.05, 3.63) is 35.7 Å². The maximum Gasteiger partial charge on any atom is 0.335 e. The van der Waals surface area contributed by atoms with Crippen LogP contribution in [0.2, 0.25) is 0 Å². The van der Waals surface area contributed by atoms with Crippen molar-refractivity contribution in [1.29, 1.82) is 0 Å². The molecule has 2 aromatic rings. The summed E-state index contributed by atoms with van der Waals surface area (Å²) in [6, 6.07) is 6.38. The van der Waals surface area contributed by atoms with Crippen LogP contribution < -0.4 is 4.74 Å². The highest BCUT2D eigenvalue weighted by atomic mass is 32.2. The molecule has 1 N–H and O–H groups in total. The Kier molecular flexibility index (Phi) is 5.43. The normalized spacial score (nSPS) is 10.9. The number of aromatic carboxylic acids is 1. The van der Waals surface area contributed by atoms with Crippen molar-refractivity contribution in [3.8, 4) is 5.75 Å². The average Bonchev–Trinajstić information content (AvgIpc) is 2.85. The van der Waals surface area contributed by atoms with Gasteiger partial charge in [-0.3, -0.25) is 0 Å². The number of aromatic nitrogens is 3. The number of benzene rings is 1. The van der Waals surface area contributed by atoms with E-state index in [0.717, 1.165) is 16.7 Å². The van der Waals surface area contributed by atoms with E-state index in [1.807, 2.05) is 11.6 Å². The molecule has 1 heterocycles. The van der Waals surface area contributed by atoms with Gasteiger partial charge in [-0.25, -0.2) is 4.79 Å². The van der Waals surface area contributed by atoms with Gasteiger partial charge < -0.3 is 14.4 Å². The number of carboxylic acids is 1. The van der Waals surface area contributed by atoms with E-state index in [1.165, 1.54) is 12.1 Å². The van der Waals surface area contributed by atoms with E-state index in [2.05, 4.69) is 24.0 Å². The second-order valence-corrected chi connectivity index (χ2v) is 6.14. The molecule has 0 aliphatic heterocycles. The van der Waals surface area contributed by atoms with E-state index in [4.69, 9.17) is 9.84 Å². The zero-order valence-electron chi connectivity index (χ0n) is 12.8. The lowest BCUT2D eigenvalue weighted by Crippen LogP contribution is -2.04. The largest absolute Gasteiger partial charge is 0.493 e. The lowest BCUT2D eigenvalue weighted by molar-refractivity contribution is 0.0697. The highest BCUT2D eigenvalue weighted by Gasteiger charge is 2.11. The number of thioether (sulfide) groups is 1. The van der Waals surface area contributed by atoms with Crippen LogP contribution in [-0.4, -0.2) is 38.2 Å². The Bertz CT molecular complexity index is 638. The molecule has 0 bridgehead atoms. The lowest BCUT2D eigenvalue weighted by Gasteiger charge is -2.07. The molecule has 0 saturated carbocycles. The Morgan fingerprint density at radius 1 is 1.32 bits per heavy atom. The molecule has 0 saturated heterocycles. The van der Waals surface area contributed by atoms with Crippen LogP contribution in [0, 0.1) is 0 Å². The van der Waals surface area contributed by atoms with Crippen LogP contribution in [0.25, 0.3) is 0 Å². The molecular weight excluding hydrogens is 302 g/mol. The first-order valence-corrected chi connectivity index (χ1v) is 7.96. The van der Waals surface area contributed by atoms with Crippen molar-refractivity contribution in [1.82, 2.24) is 14.8 Å². The van der Waals surface area contributed by atoms with Gasteiger partial charge in [-0.15, -0.1) is 10.2 Å². The van der Waals surface area contributed by atoms with Gasteiger partial charge >= 0.3 is 5.97 Å². The highest BCUT2D eigenvalue weighted by Crippen LogP contribution is 2.20. The number of carbonyl (C=O) groups is 1. The van der Waals surface area contributed by atoms with Gasteiger partial charge in [0.25, 0.3) is 0 Å². The van der Waals surface area contributed by atoms with Crippen LogP contribution in [0.4, 0.5) is 0 Å². The van der Waals surface area contributed by atoms with Crippen molar-refractivity contribution < 1.29 is 14.6 Å². The summed E-state index contributed by atoms with van der Waals surface area (Å²) in [4.78, 5) is 10.8. The minimum atomic E-state index is -0.939. The standard InChI is InChI=1S/C15H19N3O3S/c1-10(2)13-16-17-15(18(13)3)22-9-8-21-12-6-4-11(5-7-12)14(19)20/h4-7,10H,8-9H2,1-3H3,(H,19,20). The van der Waals surface area contributed by atoms with E-state index in [9.17, 15) is 4.79 Å². The first kappa shape index (κ1) is 16.4. The van der Waals surface area contributed by atoms with Gasteiger partial charge in [0.15, 0.2) is 5.16 Å². The molecule has 0 aliphatic carbocycles. The van der Waals surface area contributed by atoms with E-state index in [1.54, 1.807) is 23.9 Å². The SMILES string of the molecule is CC(C)c1nnc(SCCOc2ccc(C(=O)O)cc2)n1C. The van der Waals surface area contributed by atoms with E-state index < -0.39 is 5.97 Å². The molecule has 1 aromatic carbocycles. The van der Waals surface area contributed by atoms with E-state index >= 15 is 0 Å². The van der Waals surface area contributed by atoms with E-state index in [-0.39, 0.29) is 5.56 Å². The van der Waals surface area contributed by atoms with Crippen molar-refractivity contribution >= 4 is 17.7 Å². The van der Waals surface area contributed by atoms with Crippen molar-refractivity contribution in [2.75, 3.05) is 12.4 Å². The van der Waals surface area contributed by atoms with Crippen molar-refractivity contribution in [2.45, 2.75) is 24.9 Å². The number of hydrogen-bond donors (Lipinski definition) is 1. The molecule has 0 atom stereocenters. The van der Waals surface area contributed by atoms with Crippen LogP contribution >= 0.6 is 11.8 Å². The van der Waals surface area contributed by atoms with Gasteiger partial charge in [-0.05, 0) is 24.3 Å². The topological polar surface area (TPSA) is 77.2 Å². The second kappa shape index (κ2) is 7.31. The van der Waals surface area contributed by atoms with Gasteiger partial charge in [0, 0.05) is 18.7 Å². The van der Waals surface area contributed by atoms with Gasteiger partial charge in [0.1, 0.15) is 11.6 Å². The average molecular weight is 321 g/mol. The summed E-state index contributed by atoms with van der Waals surface area (Å²) in [5.41, 5.74) is 0.252. The zero-order valence-corrected chi connectivity index (χ0v) is 13.6. The fraction of sp³-hybridized carbons (Fsp3) is 0.400. The van der Waals surface area contributed by atoms with Gasteiger partial charge in [0.05, 0.1) is 12.2 Å². The number of hydrogen-bond acceptors (Lipinski definition) is 5. The molecule has 0 aliphatic rings. The summed E-state index contributed by atoms with van der Waals surface area (Å²) in [7, 11) is 1.96. The Morgan fingerprint density at radius 3 is 2.55 bits per heavy atom. The highest BCUT2D eigenvalue weighted by molar-refractivity contribution is 7.99. The minimum Gasteiger partial charge on any atom is -0.493 e. The van der Waals surface area contributed by atoms with Crippen LogP contribution in [-0.2, 0) is 7.05 Å². The molecule has 0 spiro atoms.